The van der Waals surface area contributed by atoms with Crippen LogP contribution in [0.1, 0.15) is 49.6 Å². The highest BCUT2D eigenvalue weighted by Crippen LogP contribution is 2.33. The second-order valence-corrected chi connectivity index (χ2v) is 6.25. The Morgan fingerprint density at radius 3 is 3.10 bits per heavy atom. The van der Waals surface area contributed by atoms with Crippen molar-refractivity contribution in [1.29, 1.82) is 0 Å². The number of likely N-dealkylation sites (tertiary alicyclic amines) is 1. The summed E-state index contributed by atoms with van der Waals surface area (Å²) in [5, 5.41) is 7.00. The molecule has 0 saturated carbocycles. The van der Waals surface area contributed by atoms with Gasteiger partial charge in [0.25, 0.3) is 0 Å². The third-order valence-electron chi connectivity index (χ3n) is 3.92. The first-order valence-corrected chi connectivity index (χ1v) is 8.15. The van der Waals surface area contributed by atoms with Crippen LogP contribution in [0.5, 0.6) is 0 Å². The van der Waals surface area contributed by atoms with Crippen LogP contribution < -0.4 is 5.43 Å². The van der Waals surface area contributed by atoms with E-state index in [2.05, 4.69) is 15.5 Å². The fourth-order valence-corrected chi connectivity index (χ4v) is 3.59. The summed E-state index contributed by atoms with van der Waals surface area (Å²) >= 11 is 1.61. The monoisotopic (exact) mass is 306 g/mol. The number of aromatic nitrogens is 1. The number of hydrogen-bond acceptors (Lipinski definition) is 5. The molecule has 1 atom stereocenters. The summed E-state index contributed by atoms with van der Waals surface area (Å²) in [6, 6.07) is 0.144. The van der Waals surface area contributed by atoms with E-state index in [0.717, 1.165) is 30.1 Å². The Morgan fingerprint density at radius 2 is 2.38 bits per heavy atom. The lowest BCUT2D eigenvalue weighted by molar-refractivity contribution is -0.132. The van der Waals surface area contributed by atoms with E-state index < -0.39 is 0 Å². The normalized spacial score (nSPS) is 22.1. The maximum atomic E-state index is 12.4. The Hall–Kier alpha value is -1.76. The van der Waals surface area contributed by atoms with Crippen molar-refractivity contribution in [3.63, 3.8) is 0 Å². The lowest BCUT2D eigenvalue weighted by atomic mass is 10.1. The minimum Gasteiger partial charge on any atom is -0.333 e. The van der Waals surface area contributed by atoms with Crippen molar-refractivity contribution >= 4 is 28.9 Å². The third kappa shape index (κ3) is 3.29. The standard InChI is InChI=1S/C14H18N4O2S/c19-12-5-3-10(16-17-12)4-6-13(20)18-8-1-2-11(18)14-15-7-9-21-14/h7,9,11H,1-6,8H2,(H,17,19). The van der Waals surface area contributed by atoms with E-state index in [1.807, 2.05) is 10.3 Å². The highest BCUT2D eigenvalue weighted by Gasteiger charge is 2.31. The molecule has 2 amide bonds. The largest absolute Gasteiger partial charge is 0.333 e. The van der Waals surface area contributed by atoms with Crippen molar-refractivity contribution in [2.75, 3.05) is 6.54 Å². The predicted octanol–water partition coefficient (Wildman–Crippen LogP) is 1.85. The van der Waals surface area contributed by atoms with E-state index in [1.54, 1.807) is 17.5 Å². The highest BCUT2D eigenvalue weighted by molar-refractivity contribution is 7.09. The molecule has 21 heavy (non-hydrogen) atoms. The number of carbonyl (C=O) groups excluding carboxylic acids is 2. The average molecular weight is 306 g/mol. The van der Waals surface area contributed by atoms with Gasteiger partial charge in [0, 0.05) is 36.7 Å². The van der Waals surface area contributed by atoms with Crippen LogP contribution in [0.3, 0.4) is 0 Å². The number of thiazole rings is 1. The van der Waals surface area contributed by atoms with Crippen LogP contribution in [0.4, 0.5) is 0 Å². The van der Waals surface area contributed by atoms with Crippen molar-refractivity contribution in [2.24, 2.45) is 5.10 Å². The van der Waals surface area contributed by atoms with Gasteiger partial charge < -0.3 is 4.90 Å². The molecule has 3 rings (SSSR count). The highest BCUT2D eigenvalue weighted by atomic mass is 32.1. The summed E-state index contributed by atoms with van der Waals surface area (Å²) in [5.41, 5.74) is 3.38. The first kappa shape index (κ1) is 14.2. The summed E-state index contributed by atoms with van der Waals surface area (Å²) in [6.07, 6.45) is 6.04. The summed E-state index contributed by atoms with van der Waals surface area (Å²) in [7, 11) is 0. The number of nitrogens with zero attached hydrogens (tertiary/aromatic N) is 3. The van der Waals surface area contributed by atoms with Gasteiger partial charge in [-0.15, -0.1) is 11.3 Å². The van der Waals surface area contributed by atoms with Gasteiger partial charge in [-0.1, -0.05) is 0 Å². The Labute approximate surface area is 127 Å². The third-order valence-corrected chi connectivity index (χ3v) is 4.79. The van der Waals surface area contributed by atoms with Crippen LogP contribution in [0, 0.1) is 0 Å². The molecule has 0 aliphatic carbocycles. The second-order valence-electron chi connectivity index (χ2n) is 5.33. The molecule has 0 radical (unpaired) electrons. The molecule has 0 bridgehead atoms. The van der Waals surface area contributed by atoms with Gasteiger partial charge in [0.1, 0.15) is 5.01 Å². The molecule has 0 aromatic carbocycles. The van der Waals surface area contributed by atoms with E-state index in [1.165, 1.54) is 0 Å². The molecule has 2 aliphatic rings. The molecule has 112 valence electrons. The Morgan fingerprint density at radius 1 is 1.48 bits per heavy atom. The van der Waals surface area contributed by atoms with Crippen molar-refractivity contribution in [3.05, 3.63) is 16.6 Å². The Balaban J connectivity index is 1.56. The van der Waals surface area contributed by atoms with E-state index in [4.69, 9.17) is 0 Å². The maximum Gasteiger partial charge on any atom is 0.240 e. The molecule has 3 heterocycles. The van der Waals surface area contributed by atoms with E-state index >= 15 is 0 Å². The zero-order valence-electron chi connectivity index (χ0n) is 11.7. The molecule has 1 fully saturated rings. The molecular weight excluding hydrogens is 288 g/mol. The first-order valence-electron chi connectivity index (χ1n) is 7.27. The van der Waals surface area contributed by atoms with E-state index in [9.17, 15) is 9.59 Å². The lowest BCUT2D eigenvalue weighted by Gasteiger charge is -2.23. The van der Waals surface area contributed by atoms with Crippen molar-refractivity contribution in [2.45, 2.75) is 44.6 Å². The Kier molecular flexibility index (Phi) is 4.28. The van der Waals surface area contributed by atoms with Crippen molar-refractivity contribution in [3.8, 4) is 0 Å². The Bertz CT molecular complexity index is 555. The smallest absolute Gasteiger partial charge is 0.240 e. The fraction of sp³-hybridized carbons (Fsp3) is 0.571. The average Bonchev–Trinajstić information content (AvgIpc) is 3.16. The van der Waals surface area contributed by atoms with Gasteiger partial charge >= 0.3 is 0 Å². The number of carbonyl (C=O) groups is 2. The van der Waals surface area contributed by atoms with Crippen LogP contribution in [0.2, 0.25) is 0 Å². The topological polar surface area (TPSA) is 74.7 Å². The molecule has 1 unspecified atom stereocenters. The first-order chi connectivity index (χ1) is 10.2. The quantitative estimate of drug-likeness (QED) is 0.922. The van der Waals surface area contributed by atoms with Gasteiger partial charge in [-0.25, -0.2) is 10.4 Å². The molecule has 2 aliphatic heterocycles. The number of hydrazone groups is 1. The minimum absolute atomic E-state index is 0.0477. The van der Waals surface area contributed by atoms with Crippen LogP contribution in [-0.2, 0) is 9.59 Å². The lowest BCUT2D eigenvalue weighted by Crippen LogP contribution is -2.31. The van der Waals surface area contributed by atoms with Crippen molar-refractivity contribution < 1.29 is 9.59 Å². The molecule has 6 nitrogen and oxygen atoms in total. The zero-order valence-corrected chi connectivity index (χ0v) is 12.6. The molecule has 0 spiro atoms. The van der Waals surface area contributed by atoms with Gasteiger partial charge in [0.2, 0.25) is 11.8 Å². The summed E-state index contributed by atoms with van der Waals surface area (Å²) in [4.78, 5) is 29.7. The molecule has 1 saturated heterocycles. The SMILES string of the molecule is O=C1CCC(CCC(=O)N2CCCC2c2nccs2)=NN1. The van der Waals surface area contributed by atoms with Gasteiger partial charge in [-0.05, 0) is 25.7 Å². The van der Waals surface area contributed by atoms with E-state index in [0.29, 0.717) is 25.7 Å². The summed E-state index contributed by atoms with van der Waals surface area (Å²) in [5.74, 6) is 0.112. The second kappa shape index (κ2) is 6.34. The molecule has 1 aromatic rings. The van der Waals surface area contributed by atoms with Crippen molar-refractivity contribution in [1.82, 2.24) is 15.3 Å². The summed E-state index contributed by atoms with van der Waals surface area (Å²) < 4.78 is 0. The van der Waals surface area contributed by atoms with Crippen LogP contribution in [0.15, 0.2) is 16.7 Å². The van der Waals surface area contributed by atoms with Crippen LogP contribution in [-0.4, -0.2) is 34.0 Å². The fourth-order valence-electron chi connectivity index (χ4n) is 2.81. The van der Waals surface area contributed by atoms with Gasteiger partial charge in [-0.2, -0.15) is 5.10 Å². The number of rotatable bonds is 4. The minimum atomic E-state index is -0.0477. The molecule has 1 aromatic heterocycles. The number of nitrogens with one attached hydrogen (secondary N) is 1. The van der Waals surface area contributed by atoms with Crippen LogP contribution >= 0.6 is 11.3 Å². The van der Waals surface area contributed by atoms with Crippen LogP contribution in [0.25, 0.3) is 0 Å². The number of hydrogen-bond donors (Lipinski definition) is 1. The summed E-state index contributed by atoms with van der Waals surface area (Å²) in [6.45, 7) is 0.812. The number of amides is 2. The predicted molar refractivity (Wildman–Crippen MR) is 79.8 cm³/mol. The van der Waals surface area contributed by atoms with Gasteiger partial charge in [0.15, 0.2) is 0 Å². The molecular formula is C14H18N4O2S. The molecule has 7 heteroatoms. The zero-order chi connectivity index (χ0) is 14.7. The van der Waals surface area contributed by atoms with Gasteiger partial charge in [-0.3, -0.25) is 9.59 Å². The van der Waals surface area contributed by atoms with E-state index in [-0.39, 0.29) is 17.9 Å². The van der Waals surface area contributed by atoms with Gasteiger partial charge in [0.05, 0.1) is 6.04 Å². The maximum absolute atomic E-state index is 12.4. The molecule has 1 N–H and O–H groups in total.